The van der Waals surface area contributed by atoms with Gasteiger partial charge in [0, 0.05) is 26.8 Å². The Labute approximate surface area is 120 Å². The zero-order valence-corrected chi connectivity index (χ0v) is 12.3. The van der Waals surface area contributed by atoms with E-state index in [1.165, 1.54) is 0 Å². The van der Waals surface area contributed by atoms with Crippen molar-refractivity contribution in [3.05, 3.63) is 23.9 Å². The molecule has 0 saturated heterocycles. The third-order valence-corrected chi connectivity index (χ3v) is 2.15. The van der Waals surface area contributed by atoms with Crippen LogP contribution in [0.1, 0.15) is 12.5 Å². The van der Waals surface area contributed by atoms with Gasteiger partial charge in [-0.1, -0.05) is 6.07 Å². The summed E-state index contributed by atoms with van der Waals surface area (Å²) in [5.41, 5.74) is 6.39. The molecule has 0 saturated carbocycles. The van der Waals surface area contributed by atoms with Crippen molar-refractivity contribution in [3.63, 3.8) is 0 Å². The van der Waals surface area contributed by atoms with E-state index in [9.17, 15) is 4.79 Å². The lowest BCUT2D eigenvalue weighted by atomic mass is 10.2. The van der Waals surface area contributed by atoms with Crippen LogP contribution in [0.5, 0.6) is 0 Å². The van der Waals surface area contributed by atoms with Gasteiger partial charge in [-0.05, 0) is 18.6 Å². The van der Waals surface area contributed by atoms with E-state index in [4.69, 9.17) is 5.73 Å². The van der Waals surface area contributed by atoms with Crippen molar-refractivity contribution in [3.8, 4) is 0 Å². The topological polar surface area (TPSA) is 71.2 Å². The number of nitrogens with two attached hydrogens (primary N) is 1. The molecule has 0 aliphatic rings. The van der Waals surface area contributed by atoms with Crippen LogP contribution in [0.3, 0.4) is 0 Å². The quantitative estimate of drug-likeness (QED) is 0.868. The molecule has 0 aromatic carbocycles. The molecule has 0 fully saturated rings. The molecule has 1 heterocycles. The maximum Gasteiger partial charge on any atom is 0.236 e. The molecule has 5 nitrogen and oxygen atoms in total. The minimum Gasteiger partial charge on any atom is -0.363 e. The Hall–Kier alpha value is -1.04. The molecule has 1 rings (SSSR count). The van der Waals surface area contributed by atoms with Gasteiger partial charge in [-0.2, -0.15) is 0 Å². The summed E-state index contributed by atoms with van der Waals surface area (Å²) in [6, 6.07) is 3.37. The summed E-state index contributed by atoms with van der Waals surface area (Å²) in [6.07, 6.45) is 1.75. The highest BCUT2D eigenvalue weighted by Crippen LogP contribution is 2.07. The number of carbonyl (C=O) groups is 1. The normalized spacial score (nSPS) is 10.7. The summed E-state index contributed by atoms with van der Waals surface area (Å²) >= 11 is 0. The second-order valence-corrected chi connectivity index (χ2v) is 3.93. The number of nitrogens with one attached hydrogen (secondary N) is 1. The summed E-state index contributed by atoms with van der Waals surface area (Å²) in [6.45, 7) is 2.11. The minimum atomic E-state index is -0.478. The smallest absolute Gasteiger partial charge is 0.236 e. The van der Waals surface area contributed by atoms with Crippen LogP contribution in [0.2, 0.25) is 0 Å². The lowest BCUT2D eigenvalue weighted by Gasteiger charge is -2.12. The van der Waals surface area contributed by atoms with Crippen molar-refractivity contribution < 1.29 is 4.79 Å². The lowest BCUT2D eigenvalue weighted by molar-refractivity contribution is -0.122. The van der Waals surface area contributed by atoms with Crippen LogP contribution in [0.15, 0.2) is 18.3 Å². The number of aromatic nitrogens is 1. The van der Waals surface area contributed by atoms with E-state index < -0.39 is 6.04 Å². The molecule has 1 atom stereocenters. The van der Waals surface area contributed by atoms with Crippen LogP contribution in [0.25, 0.3) is 0 Å². The largest absolute Gasteiger partial charge is 0.363 e. The highest BCUT2D eigenvalue weighted by molar-refractivity contribution is 5.85. The van der Waals surface area contributed by atoms with Crippen LogP contribution in [-0.2, 0) is 11.3 Å². The van der Waals surface area contributed by atoms with Crippen LogP contribution >= 0.6 is 24.8 Å². The molecule has 18 heavy (non-hydrogen) atoms. The third kappa shape index (κ3) is 6.05. The van der Waals surface area contributed by atoms with Crippen LogP contribution < -0.4 is 16.0 Å². The molecule has 1 amide bonds. The van der Waals surface area contributed by atoms with E-state index in [-0.39, 0.29) is 30.7 Å². The van der Waals surface area contributed by atoms with Gasteiger partial charge < -0.3 is 16.0 Å². The number of rotatable bonds is 4. The maximum atomic E-state index is 11.2. The van der Waals surface area contributed by atoms with Gasteiger partial charge in [-0.3, -0.25) is 4.79 Å². The van der Waals surface area contributed by atoms with E-state index in [1.807, 2.05) is 31.1 Å². The molecule has 104 valence electrons. The molecule has 1 aromatic rings. The molecule has 3 N–H and O–H groups in total. The van der Waals surface area contributed by atoms with E-state index in [1.54, 1.807) is 13.1 Å². The number of hydrogen-bond donors (Lipinski definition) is 2. The van der Waals surface area contributed by atoms with Gasteiger partial charge in [0.2, 0.25) is 5.91 Å². The zero-order chi connectivity index (χ0) is 12.1. The molecule has 0 aliphatic carbocycles. The number of pyridine rings is 1. The number of nitrogens with zero attached hydrogens (tertiary/aromatic N) is 2. The first kappa shape index (κ1) is 19.3. The molecular weight excluding hydrogens is 275 g/mol. The Morgan fingerprint density at radius 1 is 1.44 bits per heavy atom. The minimum absolute atomic E-state index is 0. The molecule has 1 aromatic heterocycles. The SMILES string of the molecule is C[C@H](N)C(=O)NCc1ccc(N(C)C)nc1.Cl.Cl. The fourth-order valence-corrected chi connectivity index (χ4v) is 1.14. The summed E-state index contributed by atoms with van der Waals surface area (Å²) < 4.78 is 0. The second kappa shape index (κ2) is 8.97. The molecule has 0 unspecified atom stereocenters. The molecule has 7 heteroatoms. The van der Waals surface area contributed by atoms with Crippen LogP contribution in [0.4, 0.5) is 5.82 Å². The summed E-state index contributed by atoms with van der Waals surface area (Å²) in [5, 5.41) is 2.73. The van der Waals surface area contributed by atoms with E-state index in [0.29, 0.717) is 6.54 Å². The van der Waals surface area contributed by atoms with Crippen molar-refractivity contribution in [2.75, 3.05) is 19.0 Å². The molecule has 0 bridgehead atoms. The Morgan fingerprint density at radius 2 is 2.06 bits per heavy atom. The highest BCUT2D eigenvalue weighted by Gasteiger charge is 2.06. The number of anilines is 1. The fraction of sp³-hybridized carbons (Fsp3) is 0.455. The maximum absolute atomic E-state index is 11.2. The predicted octanol–water partition coefficient (Wildman–Crippen LogP) is 0.955. The molecular formula is C11H20Cl2N4O. The van der Waals surface area contributed by atoms with Crippen molar-refractivity contribution in [2.45, 2.75) is 19.5 Å². The summed E-state index contributed by atoms with van der Waals surface area (Å²) in [4.78, 5) is 17.4. The van der Waals surface area contributed by atoms with Gasteiger partial charge in [-0.15, -0.1) is 24.8 Å². The van der Waals surface area contributed by atoms with Crippen molar-refractivity contribution in [1.82, 2.24) is 10.3 Å². The Balaban J connectivity index is 0. The number of carbonyl (C=O) groups excluding carboxylic acids is 1. The van der Waals surface area contributed by atoms with E-state index in [2.05, 4.69) is 10.3 Å². The number of hydrogen-bond acceptors (Lipinski definition) is 4. The first-order valence-electron chi connectivity index (χ1n) is 5.16. The molecule has 0 spiro atoms. The third-order valence-electron chi connectivity index (χ3n) is 2.15. The number of halogens is 2. The first-order chi connectivity index (χ1) is 7.50. The first-order valence-corrected chi connectivity index (χ1v) is 5.16. The van der Waals surface area contributed by atoms with Gasteiger partial charge in [0.1, 0.15) is 5.82 Å². The predicted molar refractivity (Wildman–Crippen MR) is 78.6 cm³/mol. The standard InChI is InChI=1S/C11H18N4O.2ClH/c1-8(12)11(16)14-7-9-4-5-10(13-6-9)15(2)3;;/h4-6,8H,7,12H2,1-3H3,(H,14,16);2*1H/t8-;;/m0../s1. The number of amides is 1. The second-order valence-electron chi connectivity index (χ2n) is 3.93. The lowest BCUT2D eigenvalue weighted by Crippen LogP contribution is -2.37. The highest BCUT2D eigenvalue weighted by atomic mass is 35.5. The van der Waals surface area contributed by atoms with E-state index >= 15 is 0 Å². The monoisotopic (exact) mass is 294 g/mol. The Kier molecular flexibility index (Phi) is 9.61. The van der Waals surface area contributed by atoms with Gasteiger partial charge in [0.15, 0.2) is 0 Å². The van der Waals surface area contributed by atoms with Crippen LogP contribution in [-0.4, -0.2) is 31.0 Å². The summed E-state index contributed by atoms with van der Waals surface area (Å²) in [7, 11) is 3.86. The Morgan fingerprint density at radius 3 is 2.44 bits per heavy atom. The average Bonchev–Trinajstić information content (AvgIpc) is 2.26. The van der Waals surface area contributed by atoms with Crippen molar-refractivity contribution in [2.24, 2.45) is 5.73 Å². The van der Waals surface area contributed by atoms with Crippen molar-refractivity contribution in [1.29, 1.82) is 0 Å². The van der Waals surface area contributed by atoms with Gasteiger partial charge in [-0.25, -0.2) is 4.98 Å². The Bertz CT molecular complexity index is 355. The zero-order valence-electron chi connectivity index (χ0n) is 10.7. The van der Waals surface area contributed by atoms with E-state index in [0.717, 1.165) is 11.4 Å². The summed E-state index contributed by atoms with van der Waals surface area (Å²) in [5.74, 6) is 0.735. The van der Waals surface area contributed by atoms with Crippen molar-refractivity contribution >= 4 is 36.5 Å². The molecule has 0 radical (unpaired) electrons. The van der Waals surface area contributed by atoms with Gasteiger partial charge in [0.05, 0.1) is 6.04 Å². The fourth-order valence-electron chi connectivity index (χ4n) is 1.14. The van der Waals surface area contributed by atoms with Gasteiger partial charge >= 0.3 is 0 Å². The average molecular weight is 295 g/mol. The molecule has 0 aliphatic heterocycles. The van der Waals surface area contributed by atoms with Crippen LogP contribution in [0, 0.1) is 0 Å². The van der Waals surface area contributed by atoms with Gasteiger partial charge in [0.25, 0.3) is 0 Å².